The summed E-state index contributed by atoms with van der Waals surface area (Å²) in [6, 6.07) is 15.5. The van der Waals surface area contributed by atoms with E-state index in [4.69, 9.17) is 0 Å². The Morgan fingerprint density at radius 1 is 0.875 bits per heavy atom. The van der Waals surface area contributed by atoms with Crippen LogP contribution in [0.3, 0.4) is 0 Å². The molecule has 0 spiro atoms. The van der Waals surface area contributed by atoms with Gasteiger partial charge in [0.05, 0.1) is 4.90 Å². The van der Waals surface area contributed by atoms with Crippen molar-refractivity contribution in [3.63, 3.8) is 0 Å². The van der Waals surface area contributed by atoms with Gasteiger partial charge < -0.3 is 0 Å². The quantitative estimate of drug-likeness (QED) is 0.558. The van der Waals surface area contributed by atoms with Gasteiger partial charge in [0.2, 0.25) is 10.0 Å². The largest absolute Gasteiger partial charge is 0.241 e. The molecule has 0 aromatic heterocycles. The molecule has 2 rings (SSSR count). The zero-order chi connectivity index (χ0) is 17.6. The van der Waals surface area contributed by atoms with Crippen LogP contribution in [0.2, 0.25) is 0 Å². The van der Waals surface area contributed by atoms with Crippen molar-refractivity contribution in [3.8, 4) is 0 Å². The van der Waals surface area contributed by atoms with Crippen LogP contribution in [0.4, 0.5) is 0 Å². The van der Waals surface area contributed by atoms with Crippen molar-refractivity contribution in [3.05, 3.63) is 54.6 Å². The van der Waals surface area contributed by atoms with Gasteiger partial charge in [-0.3, -0.25) is 0 Å². The van der Waals surface area contributed by atoms with Crippen molar-refractivity contribution in [2.75, 3.05) is 18.6 Å². The average molecular weight is 386 g/mol. The highest BCUT2D eigenvalue weighted by Crippen LogP contribution is 2.21. The molecule has 0 aliphatic carbocycles. The van der Waals surface area contributed by atoms with Gasteiger partial charge in [-0.05, 0) is 36.4 Å². The lowest BCUT2D eigenvalue weighted by Crippen LogP contribution is -2.26. The normalized spacial score (nSPS) is 12.2. The summed E-state index contributed by atoms with van der Waals surface area (Å²) in [6.45, 7) is 0.250. The van der Waals surface area contributed by atoms with Gasteiger partial charge in [-0.15, -0.1) is 11.8 Å². The van der Waals surface area contributed by atoms with E-state index in [0.717, 1.165) is 16.9 Å². The van der Waals surface area contributed by atoms with Crippen LogP contribution in [0.5, 0.6) is 0 Å². The van der Waals surface area contributed by atoms with E-state index >= 15 is 0 Å². The number of sulfone groups is 1. The molecule has 0 unspecified atom stereocenters. The minimum atomic E-state index is -3.86. The Kier molecular flexibility index (Phi) is 6.45. The first-order valence-electron chi connectivity index (χ1n) is 7.27. The van der Waals surface area contributed by atoms with Crippen molar-refractivity contribution in [2.24, 2.45) is 0 Å². The Bertz CT molecular complexity index is 879. The van der Waals surface area contributed by atoms with E-state index in [-0.39, 0.29) is 16.3 Å². The lowest BCUT2D eigenvalue weighted by atomic mass is 10.4. The molecule has 0 aliphatic heterocycles. The Labute approximate surface area is 147 Å². The third-order valence-electron chi connectivity index (χ3n) is 3.16. The minimum absolute atomic E-state index is 0.184. The molecular formula is C16H19NO4S3. The van der Waals surface area contributed by atoms with Crippen LogP contribution in [0, 0.1) is 0 Å². The van der Waals surface area contributed by atoms with Crippen molar-refractivity contribution in [1.29, 1.82) is 0 Å². The standard InChI is InChI=1S/C16H19NO4S3/c1-23(18,19)15-10-5-6-11-16(15)24(20,21)17-12-7-13-22-14-8-3-2-4-9-14/h2-6,8-11,17H,7,12-13H2,1H3. The second kappa shape index (κ2) is 8.15. The van der Waals surface area contributed by atoms with Crippen molar-refractivity contribution >= 4 is 31.6 Å². The van der Waals surface area contributed by atoms with Crippen LogP contribution >= 0.6 is 11.8 Å². The SMILES string of the molecule is CS(=O)(=O)c1ccccc1S(=O)(=O)NCCCSc1ccccc1. The third-order valence-corrected chi connectivity index (χ3v) is 7.06. The highest BCUT2D eigenvalue weighted by Gasteiger charge is 2.22. The Hall–Kier alpha value is -1.35. The fraction of sp³-hybridized carbons (Fsp3) is 0.250. The van der Waals surface area contributed by atoms with Gasteiger partial charge in [0, 0.05) is 17.7 Å². The summed E-state index contributed by atoms with van der Waals surface area (Å²) in [6.07, 6.45) is 1.64. The molecule has 24 heavy (non-hydrogen) atoms. The molecule has 0 saturated heterocycles. The predicted molar refractivity (Wildman–Crippen MR) is 96.5 cm³/mol. The lowest BCUT2D eigenvalue weighted by molar-refractivity contribution is 0.574. The number of hydrogen-bond acceptors (Lipinski definition) is 5. The van der Waals surface area contributed by atoms with E-state index in [9.17, 15) is 16.8 Å². The molecule has 0 radical (unpaired) electrons. The highest BCUT2D eigenvalue weighted by atomic mass is 32.2. The number of thioether (sulfide) groups is 1. The molecule has 0 heterocycles. The second-order valence-electron chi connectivity index (χ2n) is 5.13. The zero-order valence-electron chi connectivity index (χ0n) is 13.2. The van der Waals surface area contributed by atoms with Crippen molar-refractivity contribution in [1.82, 2.24) is 4.72 Å². The summed E-state index contributed by atoms with van der Waals surface area (Å²) >= 11 is 1.64. The fourth-order valence-corrected chi connectivity index (χ4v) is 5.62. The molecule has 1 N–H and O–H groups in total. The first kappa shape index (κ1) is 19.0. The van der Waals surface area contributed by atoms with Gasteiger partial charge in [-0.1, -0.05) is 30.3 Å². The van der Waals surface area contributed by atoms with E-state index in [0.29, 0.717) is 6.42 Å². The summed E-state index contributed by atoms with van der Waals surface area (Å²) in [4.78, 5) is 0.738. The summed E-state index contributed by atoms with van der Waals surface area (Å²) in [7, 11) is -7.47. The number of benzene rings is 2. The van der Waals surface area contributed by atoms with Crippen molar-refractivity contribution < 1.29 is 16.8 Å². The van der Waals surface area contributed by atoms with E-state index in [1.165, 1.54) is 24.3 Å². The molecule has 0 aliphatic rings. The Balaban J connectivity index is 1.95. The molecular weight excluding hydrogens is 366 g/mol. The summed E-state index contributed by atoms with van der Waals surface area (Å²) in [5.74, 6) is 0.764. The summed E-state index contributed by atoms with van der Waals surface area (Å²) < 4.78 is 50.6. The molecule has 8 heteroatoms. The molecule has 0 atom stereocenters. The fourth-order valence-electron chi connectivity index (χ4n) is 2.04. The van der Waals surface area contributed by atoms with E-state index < -0.39 is 19.9 Å². The molecule has 0 saturated carbocycles. The lowest BCUT2D eigenvalue weighted by Gasteiger charge is -2.10. The van der Waals surface area contributed by atoms with Gasteiger partial charge in [-0.25, -0.2) is 21.6 Å². The van der Waals surface area contributed by atoms with Crippen LogP contribution < -0.4 is 4.72 Å². The Morgan fingerprint density at radius 3 is 2.08 bits per heavy atom. The highest BCUT2D eigenvalue weighted by molar-refractivity contribution is 7.99. The maximum atomic E-state index is 12.4. The molecule has 0 amide bonds. The molecule has 5 nitrogen and oxygen atoms in total. The summed E-state index contributed by atoms with van der Waals surface area (Å²) in [5, 5.41) is 0. The average Bonchev–Trinajstić information content (AvgIpc) is 2.55. The molecule has 0 fully saturated rings. The maximum absolute atomic E-state index is 12.4. The summed E-state index contributed by atoms with van der Waals surface area (Å²) in [5.41, 5.74) is 0. The Morgan fingerprint density at radius 2 is 1.46 bits per heavy atom. The third kappa shape index (κ3) is 5.34. The second-order valence-corrected chi connectivity index (χ2v) is 10.0. The smallest absolute Gasteiger partial charge is 0.224 e. The van der Waals surface area contributed by atoms with E-state index in [2.05, 4.69) is 4.72 Å². The molecule has 2 aromatic rings. The van der Waals surface area contributed by atoms with E-state index in [1.807, 2.05) is 30.3 Å². The van der Waals surface area contributed by atoms with Crippen LogP contribution in [0.1, 0.15) is 6.42 Å². The van der Waals surface area contributed by atoms with Gasteiger partial charge >= 0.3 is 0 Å². The van der Waals surface area contributed by atoms with Crippen LogP contribution in [-0.2, 0) is 19.9 Å². The number of hydrogen-bond donors (Lipinski definition) is 1. The van der Waals surface area contributed by atoms with E-state index in [1.54, 1.807) is 11.8 Å². The minimum Gasteiger partial charge on any atom is -0.224 e. The maximum Gasteiger partial charge on any atom is 0.241 e. The van der Waals surface area contributed by atoms with Crippen LogP contribution in [-0.4, -0.2) is 35.4 Å². The molecule has 0 bridgehead atoms. The zero-order valence-corrected chi connectivity index (χ0v) is 15.6. The van der Waals surface area contributed by atoms with Crippen LogP contribution in [0.25, 0.3) is 0 Å². The van der Waals surface area contributed by atoms with Gasteiger partial charge in [0.15, 0.2) is 9.84 Å². The number of sulfonamides is 1. The molecule has 130 valence electrons. The van der Waals surface area contributed by atoms with Crippen LogP contribution in [0.15, 0.2) is 69.3 Å². The van der Waals surface area contributed by atoms with Gasteiger partial charge in [-0.2, -0.15) is 0 Å². The molecule has 2 aromatic carbocycles. The number of rotatable bonds is 8. The first-order chi connectivity index (χ1) is 11.3. The monoisotopic (exact) mass is 385 g/mol. The number of nitrogens with one attached hydrogen (secondary N) is 1. The topological polar surface area (TPSA) is 80.3 Å². The first-order valence-corrected chi connectivity index (χ1v) is 11.6. The van der Waals surface area contributed by atoms with Crippen molar-refractivity contribution in [2.45, 2.75) is 21.1 Å². The predicted octanol–water partition coefficient (Wildman–Crippen LogP) is 2.55. The van der Waals surface area contributed by atoms with Gasteiger partial charge in [0.25, 0.3) is 0 Å². The van der Waals surface area contributed by atoms with Gasteiger partial charge in [0.1, 0.15) is 4.90 Å².